The first-order chi connectivity index (χ1) is 7.09. The maximum absolute atomic E-state index is 10.8. The number of aryl methyl sites for hydroxylation is 1. The van der Waals surface area contributed by atoms with Crippen LogP contribution in [0.25, 0.3) is 0 Å². The number of carboxylic acids is 1. The van der Waals surface area contributed by atoms with Gasteiger partial charge in [-0.3, -0.25) is 9.48 Å². The molecule has 0 saturated heterocycles. The van der Waals surface area contributed by atoms with E-state index in [1.807, 2.05) is 18.5 Å². The van der Waals surface area contributed by atoms with Crippen LogP contribution in [0.2, 0.25) is 0 Å². The van der Waals surface area contributed by atoms with Gasteiger partial charge in [-0.1, -0.05) is 0 Å². The van der Waals surface area contributed by atoms with Crippen LogP contribution in [0.15, 0.2) is 0 Å². The minimum absolute atomic E-state index is 0.0977. The van der Waals surface area contributed by atoms with Crippen molar-refractivity contribution in [2.24, 2.45) is 0 Å². The zero-order valence-electron chi connectivity index (χ0n) is 9.16. The second kappa shape index (κ2) is 3.68. The maximum Gasteiger partial charge on any atom is 0.309 e. The van der Waals surface area contributed by atoms with Crippen molar-refractivity contribution >= 4 is 5.97 Å². The molecule has 82 valence electrons. The second-order valence-electron chi connectivity index (χ2n) is 4.33. The number of hydrogen-bond donors (Lipinski definition) is 1. The summed E-state index contributed by atoms with van der Waals surface area (Å²) in [4.78, 5) is 10.8. The van der Waals surface area contributed by atoms with E-state index in [2.05, 4.69) is 5.10 Å². The topological polar surface area (TPSA) is 55.1 Å². The lowest BCUT2D eigenvalue weighted by Gasteiger charge is -2.10. The molecule has 4 nitrogen and oxygen atoms in total. The molecule has 15 heavy (non-hydrogen) atoms. The van der Waals surface area contributed by atoms with Gasteiger partial charge < -0.3 is 5.11 Å². The summed E-state index contributed by atoms with van der Waals surface area (Å²) in [5.74, 6) is -0.772. The third-order valence-electron chi connectivity index (χ3n) is 2.85. The van der Waals surface area contributed by atoms with E-state index < -0.39 is 5.97 Å². The molecule has 0 spiro atoms. The number of nitrogens with zero attached hydrogens (tertiary/aromatic N) is 2. The molecule has 2 rings (SSSR count). The minimum atomic E-state index is -0.772. The number of carboxylic acid groups (broad SMARTS) is 1. The Labute approximate surface area is 88.9 Å². The van der Waals surface area contributed by atoms with Crippen LogP contribution in [-0.2, 0) is 24.1 Å². The lowest BCUT2D eigenvalue weighted by molar-refractivity contribution is -0.136. The van der Waals surface area contributed by atoms with E-state index >= 15 is 0 Å². The summed E-state index contributed by atoms with van der Waals surface area (Å²) in [5, 5.41) is 13.4. The standard InChI is InChI=1S/C11H16N2O2/c1-7(2)13-10(6-11(14)15)8-4-3-5-9(8)12-13/h7H,3-6H2,1-2H3,(H,14,15). The summed E-state index contributed by atoms with van der Waals surface area (Å²) in [6.07, 6.45) is 3.20. The molecule has 0 atom stereocenters. The monoisotopic (exact) mass is 208 g/mol. The van der Waals surface area contributed by atoms with E-state index in [-0.39, 0.29) is 12.5 Å². The van der Waals surface area contributed by atoms with Gasteiger partial charge in [0, 0.05) is 6.04 Å². The Kier molecular flexibility index (Phi) is 2.50. The Morgan fingerprint density at radius 2 is 2.27 bits per heavy atom. The summed E-state index contributed by atoms with van der Waals surface area (Å²) in [6, 6.07) is 0.241. The predicted octanol–water partition coefficient (Wildman–Crippen LogP) is 1.58. The van der Waals surface area contributed by atoms with E-state index in [9.17, 15) is 4.79 Å². The van der Waals surface area contributed by atoms with Gasteiger partial charge in [-0.25, -0.2) is 0 Å². The molecule has 0 saturated carbocycles. The molecule has 4 heteroatoms. The zero-order chi connectivity index (χ0) is 11.0. The van der Waals surface area contributed by atoms with Gasteiger partial charge >= 0.3 is 5.97 Å². The summed E-state index contributed by atoms with van der Waals surface area (Å²) in [6.45, 7) is 4.07. The molecule has 0 bridgehead atoms. The number of rotatable bonds is 3. The van der Waals surface area contributed by atoms with Crippen LogP contribution in [0.5, 0.6) is 0 Å². The van der Waals surface area contributed by atoms with E-state index in [1.165, 1.54) is 5.56 Å². The van der Waals surface area contributed by atoms with E-state index in [4.69, 9.17) is 5.11 Å². The van der Waals surface area contributed by atoms with Crippen LogP contribution in [0.4, 0.5) is 0 Å². The van der Waals surface area contributed by atoms with E-state index in [1.54, 1.807) is 0 Å². The third kappa shape index (κ3) is 1.76. The highest BCUT2D eigenvalue weighted by atomic mass is 16.4. The Hall–Kier alpha value is -1.32. The summed E-state index contributed by atoms with van der Waals surface area (Å²) in [7, 11) is 0. The average Bonchev–Trinajstić information content (AvgIpc) is 2.66. The van der Waals surface area contributed by atoms with Crippen LogP contribution in [-0.4, -0.2) is 20.9 Å². The van der Waals surface area contributed by atoms with E-state index in [0.717, 1.165) is 30.7 Å². The highest BCUT2D eigenvalue weighted by Gasteiger charge is 2.24. The first-order valence-electron chi connectivity index (χ1n) is 5.40. The molecule has 0 fully saturated rings. The van der Waals surface area contributed by atoms with Gasteiger partial charge in [0.1, 0.15) is 0 Å². The molecular weight excluding hydrogens is 192 g/mol. The molecule has 0 aromatic carbocycles. The zero-order valence-corrected chi connectivity index (χ0v) is 9.16. The average molecular weight is 208 g/mol. The predicted molar refractivity (Wildman–Crippen MR) is 56.0 cm³/mol. The van der Waals surface area contributed by atoms with Crippen molar-refractivity contribution in [3.05, 3.63) is 17.0 Å². The highest BCUT2D eigenvalue weighted by Crippen LogP contribution is 2.27. The van der Waals surface area contributed by atoms with Crippen LogP contribution in [0.1, 0.15) is 43.3 Å². The smallest absolute Gasteiger partial charge is 0.309 e. The van der Waals surface area contributed by atoms with Crippen LogP contribution in [0.3, 0.4) is 0 Å². The number of hydrogen-bond acceptors (Lipinski definition) is 2. The molecule has 1 aliphatic carbocycles. The minimum Gasteiger partial charge on any atom is -0.481 e. The third-order valence-corrected chi connectivity index (χ3v) is 2.85. The van der Waals surface area contributed by atoms with Crippen molar-refractivity contribution in [3.8, 4) is 0 Å². The van der Waals surface area contributed by atoms with Gasteiger partial charge in [-0.15, -0.1) is 0 Å². The summed E-state index contributed by atoms with van der Waals surface area (Å²) in [5.41, 5.74) is 3.20. The molecule has 0 aliphatic heterocycles. The SMILES string of the molecule is CC(C)n1nc2c(c1CC(=O)O)CCC2. The lowest BCUT2D eigenvalue weighted by atomic mass is 10.1. The normalized spacial score (nSPS) is 14.6. The Morgan fingerprint density at radius 1 is 1.53 bits per heavy atom. The van der Waals surface area contributed by atoms with E-state index in [0.29, 0.717) is 0 Å². The van der Waals surface area contributed by atoms with Gasteiger partial charge in [0.2, 0.25) is 0 Å². The van der Waals surface area contributed by atoms with Gasteiger partial charge in [-0.05, 0) is 38.7 Å². The molecular formula is C11H16N2O2. The first kappa shape index (κ1) is 10.2. The van der Waals surface area contributed by atoms with Crippen molar-refractivity contribution < 1.29 is 9.90 Å². The van der Waals surface area contributed by atoms with Gasteiger partial charge in [0.05, 0.1) is 17.8 Å². The molecule has 1 N–H and O–H groups in total. The van der Waals surface area contributed by atoms with Gasteiger partial charge in [-0.2, -0.15) is 5.10 Å². The fraction of sp³-hybridized carbons (Fsp3) is 0.636. The quantitative estimate of drug-likeness (QED) is 0.820. The van der Waals surface area contributed by atoms with Gasteiger partial charge in [0.15, 0.2) is 0 Å². The fourth-order valence-corrected chi connectivity index (χ4v) is 2.24. The number of carbonyl (C=O) groups is 1. The summed E-state index contributed by atoms with van der Waals surface area (Å²) < 4.78 is 1.87. The Bertz CT molecular complexity index is 394. The Morgan fingerprint density at radius 3 is 2.87 bits per heavy atom. The van der Waals surface area contributed by atoms with Crippen molar-refractivity contribution in [1.82, 2.24) is 9.78 Å². The molecule has 1 aromatic heterocycles. The van der Waals surface area contributed by atoms with Crippen LogP contribution in [0, 0.1) is 0 Å². The van der Waals surface area contributed by atoms with Crippen molar-refractivity contribution in [1.29, 1.82) is 0 Å². The fourth-order valence-electron chi connectivity index (χ4n) is 2.24. The molecule has 0 amide bonds. The first-order valence-corrected chi connectivity index (χ1v) is 5.40. The highest BCUT2D eigenvalue weighted by molar-refractivity contribution is 5.70. The number of aliphatic carboxylic acids is 1. The largest absolute Gasteiger partial charge is 0.481 e. The number of fused-ring (bicyclic) bond motifs is 1. The van der Waals surface area contributed by atoms with Crippen molar-refractivity contribution in [3.63, 3.8) is 0 Å². The number of aromatic nitrogens is 2. The van der Waals surface area contributed by atoms with Crippen LogP contribution >= 0.6 is 0 Å². The maximum atomic E-state index is 10.8. The lowest BCUT2D eigenvalue weighted by Crippen LogP contribution is -2.13. The second-order valence-corrected chi connectivity index (χ2v) is 4.33. The molecule has 1 aliphatic rings. The van der Waals surface area contributed by atoms with Crippen molar-refractivity contribution in [2.75, 3.05) is 0 Å². The summed E-state index contributed by atoms with van der Waals surface area (Å²) >= 11 is 0. The molecule has 1 heterocycles. The molecule has 0 unspecified atom stereocenters. The molecule has 0 radical (unpaired) electrons. The van der Waals surface area contributed by atoms with Crippen LogP contribution < -0.4 is 0 Å². The van der Waals surface area contributed by atoms with Crippen molar-refractivity contribution in [2.45, 2.75) is 45.6 Å². The molecule has 1 aromatic rings. The van der Waals surface area contributed by atoms with Gasteiger partial charge in [0.25, 0.3) is 0 Å². The Balaban J connectivity index is 2.43.